The van der Waals surface area contributed by atoms with Gasteiger partial charge in [-0.1, -0.05) is 13.0 Å². The second-order valence-electron chi connectivity index (χ2n) is 5.26. The Kier molecular flexibility index (Phi) is 6.33. The average Bonchev–Trinajstić information content (AvgIpc) is 2.46. The molecule has 1 atom stereocenters. The second-order valence-corrected chi connectivity index (χ2v) is 6.60. The fourth-order valence-electron chi connectivity index (χ4n) is 2.48. The van der Waals surface area contributed by atoms with Crippen LogP contribution < -0.4 is 5.32 Å². The van der Waals surface area contributed by atoms with Crippen molar-refractivity contribution in [1.82, 2.24) is 5.32 Å². The maximum absolute atomic E-state index is 14.2. The van der Waals surface area contributed by atoms with Crippen molar-refractivity contribution in [3.05, 3.63) is 29.6 Å². The van der Waals surface area contributed by atoms with Gasteiger partial charge in [0.05, 0.1) is 0 Å². The minimum atomic E-state index is -0.0989. The van der Waals surface area contributed by atoms with Crippen molar-refractivity contribution in [2.75, 3.05) is 19.8 Å². The van der Waals surface area contributed by atoms with Crippen LogP contribution in [-0.4, -0.2) is 25.0 Å². The van der Waals surface area contributed by atoms with Crippen LogP contribution >= 0.6 is 11.8 Å². The van der Waals surface area contributed by atoms with Crippen molar-refractivity contribution in [3.63, 3.8) is 0 Å². The first kappa shape index (κ1) is 15.8. The van der Waals surface area contributed by atoms with Gasteiger partial charge < -0.3 is 10.1 Å². The van der Waals surface area contributed by atoms with Gasteiger partial charge in [0.25, 0.3) is 0 Å². The number of rotatable bonds is 6. The molecule has 1 aliphatic rings. The van der Waals surface area contributed by atoms with Crippen molar-refractivity contribution >= 4 is 11.8 Å². The van der Waals surface area contributed by atoms with E-state index >= 15 is 0 Å². The molecule has 1 unspecified atom stereocenters. The second kappa shape index (κ2) is 8.01. The van der Waals surface area contributed by atoms with Crippen molar-refractivity contribution < 1.29 is 9.13 Å². The zero-order valence-electron chi connectivity index (χ0n) is 12.3. The number of hydrogen-bond acceptors (Lipinski definition) is 3. The molecule has 2 rings (SSSR count). The highest BCUT2D eigenvalue weighted by molar-refractivity contribution is 8.00. The van der Waals surface area contributed by atoms with Crippen LogP contribution in [0.2, 0.25) is 0 Å². The summed E-state index contributed by atoms with van der Waals surface area (Å²) in [6, 6.07) is 5.47. The van der Waals surface area contributed by atoms with Crippen LogP contribution in [0.15, 0.2) is 23.1 Å². The van der Waals surface area contributed by atoms with Crippen LogP contribution in [0.5, 0.6) is 0 Å². The van der Waals surface area contributed by atoms with Gasteiger partial charge in [-0.3, -0.25) is 0 Å². The summed E-state index contributed by atoms with van der Waals surface area (Å²) in [4.78, 5) is 1.08. The molecule has 0 spiro atoms. The molecular weight excluding hydrogens is 273 g/mol. The highest BCUT2D eigenvalue weighted by Crippen LogP contribution is 2.35. The van der Waals surface area contributed by atoms with E-state index in [0.29, 0.717) is 5.25 Å². The van der Waals surface area contributed by atoms with Gasteiger partial charge in [-0.05, 0) is 44.9 Å². The van der Waals surface area contributed by atoms with E-state index in [-0.39, 0.29) is 11.9 Å². The lowest BCUT2D eigenvalue weighted by Crippen LogP contribution is -2.22. The number of thioether (sulfide) groups is 1. The molecule has 2 nitrogen and oxygen atoms in total. The topological polar surface area (TPSA) is 21.3 Å². The third-order valence-corrected chi connectivity index (χ3v) is 5.02. The van der Waals surface area contributed by atoms with Gasteiger partial charge in [0, 0.05) is 35.0 Å². The van der Waals surface area contributed by atoms with Crippen LogP contribution in [0.3, 0.4) is 0 Å². The summed E-state index contributed by atoms with van der Waals surface area (Å²) in [6.45, 7) is 6.73. The molecule has 1 aliphatic heterocycles. The van der Waals surface area contributed by atoms with Gasteiger partial charge in [0.15, 0.2) is 0 Å². The van der Waals surface area contributed by atoms with E-state index in [1.54, 1.807) is 6.07 Å². The monoisotopic (exact) mass is 297 g/mol. The van der Waals surface area contributed by atoms with Crippen LogP contribution in [0.25, 0.3) is 0 Å². The average molecular weight is 297 g/mol. The van der Waals surface area contributed by atoms with E-state index in [2.05, 4.69) is 12.2 Å². The molecule has 1 heterocycles. The van der Waals surface area contributed by atoms with E-state index in [4.69, 9.17) is 4.74 Å². The minimum absolute atomic E-state index is 0.0542. The standard InChI is InChI=1S/C16H24FNOS/c1-3-9-18-12(2)16-14(17)5-4-6-15(16)20-13-7-10-19-11-8-13/h4-6,12-13,18H,3,7-11H2,1-2H3. The Morgan fingerprint density at radius 2 is 2.15 bits per heavy atom. The van der Waals surface area contributed by atoms with Crippen LogP contribution in [0.4, 0.5) is 4.39 Å². The minimum Gasteiger partial charge on any atom is -0.381 e. The quantitative estimate of drug-likeness (QED) is 0.852. The van der Waals surface area contributed by atoms with Gasteiger partial charge in [-0.25, -0.2) is 4.39 Å². The Morgan fingerprint density at radius 3 is 2.85 bits per heavy atom. The number of benzene rings is 1. The first-order chi connectivity index (χ1) is 9.72. The van der Waals surface area contributed by atoms with Crippen molar-refractivity contribution in [2.24, 2.45) is 0 Å². The predicted octanol–water partition coefficient (Wildman–Crippen LogP) is 4.16. The summed E-state index contributed by atoms with van der Waals surface area (Å²) in [5.74, 6) is -0.0989. The molecule has 20 heavy (non-hydrogen) atoms. The normalized spacial score (nSPS) is 18.1. The number of nitrogens with one attached hydrogen (secondary N) is 1. The smallest absolute Gasteiger partial charge is 0.129 e. The molecule has 0 radical (unpaired) electrons. The lowest BCUT2D eigenvalue weighted by molar-refractivity contribution is 0.1000. The molecule has 1 aromatic carbocycles. The van der Waals surface area contributed by atoms with Gasteiger partial charge in [-0.2, -0.15) is 0 Å². The van der Waals surface area contributed by atoms with Crippen LogP contribution in [0, 0.1) is 5.82 Å². The van der Waals surface area contributed by atoms with Gasteiger partial charge in [0.2, 0.25) is 0 Å². The lowest BCUT2D eigenvalue weighted by atomic mass is 10.1. The largest absolute Gasteiger partial charge is 0.381 e. The van der Waals surface area contributed by atoms with Crippen molar-refractivity contribution in [1.29, 1.82) is 0 Å². The Balaban J connectivity index is 2.12. The third kappa shape index (κ3) is 4.21. The number of ether oxygens (including phenoxy) is 1. The molecule has 1 fully saturated rings. The molecule has 0 saturated carbocycles. The summed E-state index contributed by atoms with van der Waals surface area (Å²) < 4.78 is 19.6. The molecule has 0 aliphatic carbocycles. The summed E-state index contributed by atoms with van der Waals surface area (Å²) in [7, 11) is 0. The summed E-state index contributed by atoms with van der Waals surface area (Å²) in [5, 5.41) is 3.93. The SMILES string of the molecule is CCCNC(C)c1c(F)cccc1SC1CCOCC1. The van der Waals surface area contributed by atoms with Crippen LogP contribution in [-0.2, 0) is 4.74 Å². The fourth-order valence-corrected chi connectivity index (χ4v) is 3.82. The maximum Gasteiger partial charge on any atom is 0.129 e. The summed E-state index contributed by atoms with van der Waals surface area (Å²) in [5.41, 5.74) is 0.817. The Hall–Kier alpha value is -0.580. The number of hydrogen-bond donors (Lipinski definition) is 1. The third-order valence-electron chi connectivity index (χ3n) is 3.61. The maximum atomic E-state index is 14.2. The zero-order valence-corrected chi connectivity index (χ0v) is 13.1. The molecule has 0 amide bonds. The summed E-state index contributed by atoms with van der Waals surface area (Å²) >= 11 is 1.81. The Bertz CT molecular complexity index is 421. The fraction of sp³-hybridized carbons (Fsp3) is 0.625. The highest BCUT2D eigenvalue weighted by Gasteiger charge is 2.20. The van der Waals surface area contributed by atoms with Gasteiger partial charge in [-0.15, -0.1) is 11.8 Å². The highest BCUT2D eigenvalue weighted by atomic mass is 32.2. The molecule has 1 N–H and O–H groups in total. The van der Waals surface area contributed by atoms with E-state index in [9.17, 15) is 4.39 Å². The van der Waals surface area contributed by atoms with Gasteiger partial charge >= 0.3 is 0 Å². The van der Waals surface area contributed by atoms with E-state index in [0.717, 1.165) is 49.5 Å². The summed E-state index contributed by atoms with van der Waals surface area (Å²) in [6.07, 6.45) is 3.16. The van der Waals surface area contributed by atoms with Gasteiger partial charge in [0.1, 0.15) is 5.82 Å². The molecule has 1 saturated heterocycles. The van der Waals surface area contributed by atoms with Crippen LogP contribution in [0.1, 0.15) is 44.7 Å². The number of halogens is 1. The predicted molar refractivity (Wildman–Crippen MR) is 82.8 cm³/mol. The van der Waals surface area contributed by atoms with E-state index in [1.807, 2.05) is 30.8 Å². The van der Waals surface area contributed by atoms with E-state index < -0.39 is 0 Å². The molecule has 112 valence electrons. The lowest BCUT2D eigenvalue weighted by Gasteiger charge is -2.24. The first-order valence-corrected chi connectivity index (χ1v) is 8.36. The molecule has 1 aromatic rings. The van der Waals surface area contributed by atoms with Crippen molar-refractivity contribution in [2.45, 2.75) is 49.3 Å². The molecule has 0 bridgehead atoms. The Labute approximate surface area is 125 Å². The molecule has 4 heteroatoms. The molecular formula is C16H24FNOS. The zero-order chi connectivity index (χ0) is 14.4. The Morgan fingerprint density at radius 1 is 1.40 bits per heavy atom. The molecule has 0 aromatic heterocycles. The van der Waals surface area contributed by atoms with E-state index in [1.165, 1.54) is 0 Å². The van der Waals surface area contributed by atoms with Crippen molar-refractivity contribution in [3.8, 4) is 0 Å². The first-order valence-electron chi connectivity index (χ1n) is 7.48.